The van der Waals surface area contributed by atoms with Gasteiger partial charge >= 0.3 is 0 Å². The Morgan fingerprint density at radius 2 is 1.77 bits per heavy atom. The molecule has 1 aliphatic heterocycles. The van der Waals surface area contributed by atoms with E-state index in [0.717, 1.165) is 25.1 Å². The van der Waals surface area contributed by atoms with Crippen LogP contribution in [0.1, 0.15) is 18.9 Å². The molecule has 3 rings (SSSR count). The molecular formula is C21H26N2O3. The molecule has 5 heteroatoms. The third kappa shape index (κ3) is 5.23. The van der Waals surface area contributed by atoms with Crippen LogP contribution in [0.2, 0.25) is 0 Å². The summed E-state index contributed by atoms with van der Waals surface area (Å²) in [5, 5.41) is 6.36. The number of hydrogen-bond donors (Lipinski definition) is 2. The molecule has 0 aromatic heterocycles. The van der Waals surface area contributed by atoms with Crippen molar-refractivity contribution in [1.82, 2.24) is 10.6 Å². The molecule has 0 bridgehead atoms. The summed E-state index contributed by atoms with van der Waals surface area (Å²) in [6, 6.07) is 17.5. The third-order valence-electron chi connectivity index (χ3n) is 4.62. The van der Waals surface area contributed by atoms with Gasteiger partial charge in [0.05, 0.1) is 0 Å². The molecule has 2 N–H and O–H groups in total. The molecule has 5 nitrogen and oxygen atoms in total. The van der Waals surface area contributed by atoms with Crippen molar-refractivity contribution < 1.29 is 14.3 Å². The van der Waals surface area contributed by atoms with Crippen LogP contribution in [0.3, 0.4) is 0 Å². The van der Waals surface area contributed by atoms with E-state index >= 15 is 0 Å². The minimum Gasteiger partial charge on any atom is -0.485 e. The summed E-state index contributed by atoms with van der Waals surface area (Å²) in [5.74, 6) is 1.58. The van der Waals surface area contributed by atoms with Gasteiger partial charge in [-0.1, -0.05) is 49.4 Å². The van der Waals surface area contributed by atoms with Crippen molar-refractivity contribution in [3.05, 3.63) is 60.2 Å². The van der Waals surface area contributed by atoms with E-state index in [0.29, 0.717) is 24.0 Å². The number of carbonyl (C=O) groups is 1. The number of para-hydroxylation sites is 2. The SMILES string of the molecule is CC1CCNCC1NC(=O)COc1ccccc1OCc1ccccc1. The molecule has 0 aliphatic carbocycles. The summed E-state index contributed by atoms with van der Waals surface area (Å²) >= 11 is 0. The van der Waals surface area contributed by atoms with Gasteiger partial charge in [0.2, 0.25) is 0 Å². The summed E-state index contributed by atoms with van der Waals surface area (Å²) in [6.45, 7) is 4.42. The zero-order chi connectivity index (χ0) is 18.2. The second kappa shape index (κ2) is 9.25. The predicted molar refractivity (Wildman–Crippen MR) is 101 cm³/mol. The van der Waals surface area contributed by atoms with E-state index in [-0.39, 0.29) is 18.6 Å². The van der Waals surface area contributed by atoms with E-state index in [1.165, 1.54) is 0 Å². The molecule has 0 saturated carbocycles. The first-order valence-corrected chi connectivity index (χ1v) is 9.11. The van der Waals surface area contributed by atoms with Gasteiger partial charge in [0.1, 0.15) is 6.61 Å². The van der Waals surface area contributed by atoms with Gasteiger partial charge in [0.25, 0.3) is 5.91 Å². The standard InChI is InChI=1S/C21H26N2O3/c1-16-11-12-22-13-18(16)23-21(24)15-26-20-10-6-5-9-19(20)25-14-17-7-3-2-4-8-17/h2-10,16,18,22H,11-15H2,1H3,(H,23,24). The predicted octanol–water partition coefficient (Wildman–Crippen LogP) is 2.76. The number of benzene rings is 2. The highest BCUT2D eigenvalue weighted by molar-refractivity contribution is 5.78. The Morgan fingerprint density at radius 1 is 1.08 bits per heavy atom. The monoisotopic (exact) mass is 354 g/mol. The zero-order valence-corrected chi connectivity index (χ0v) is 15.1. The summed E-state index contributed by atoms with van der Waals surface area (Å²) in [6.07, 6.45) is 1.07. The van der Waals surface area contributed by atoms with Crippen molar-refractivity contribution in [1.29, 1.82) is 0 Å². The Labute approximate surface area is 154 Å². The first kappa shape index (κ1) is 18.3. The molecule has 1 saturated heterocycles. The van der Waals surface area contributed by atoms with E-state index < -0.39 is 0 Å². The fourth-order valence-corrected chi connectivity index (χ4v) is 3.00. The second-order valence-electron chi connectivity index (χ2n) is 6.65. The fourth-order valence-electron chi connectivity index (χ4n) is 3.00. The van der Waals surface area contributed by atoms with Crippen LogP contribution in [0.5, 0.6) is 11.5 Å². The normalized spacial score (nSPS) is 19.6. The minimum atomic E-state index is -0.108. The first-order valence-electron chi connectivity index (χ1n) is 9.11. The van der Waals surface area contributed by atoms with Crippen LogP contribution in [0.25, 0.3) is 0 Å². The number of piperidine rings is 1. The Balaban J connectivity index is 1.52. The lowest BCUT2D eigenvalue weighted by Gasteiger charge is -2.30. The number of nitrogens with one attached hydrogen (secondary N) is 2. The minimum absolute atomic E-state index is 0.0189. The van der Waals surface area contributed by atoms with E-state index in [2.05, 4.69) is 17.6 Å². The lowest BCUT2D eigenvalue weighted by Crippen LogP contribution is -2.51. The van der Waals surface area contributed by atoms with E-state index in [4.69, 9.17) is 9.47 Å². The molecule has 138 valence electrons. The van der Waals surface area contributed by atoms with Crippen molar-refractivity contribution in [2.75, 3.05) is 19.7 Å². The Kier molecular flexibility index (Phi) is 6.50. The van der Waals surface area contributed by atoms with Gasteiger partial charge in [-0.2, -0.15) is 0 Å². The second-order valence-corrected chi connectivity index (χ2v) is 6.65. The summed E-state index contributed by atoms with van der Waals surface area (Å²) < 4.78 is 11.6. The van der Waals surface area contributed by atoms with E-state index in [9.17, 15) is 4.79 Å². The van der Waals surface area contributed by atoms with Crippen LogP contribution in [0.4, 0.5) is 0 Å². The molecule has 2 atom stereocenters. The third-order valence-corrected chi connectivity index (χ3v) is 4.62. The smallest absolute Gasteiger partial charge is 0.258 e. The lowest BCUT2D eigenvalue weighted by molar-refractivity contribution is -0.124. The average molecular weight is 354 g/mol. The maximum Gasteiger partial charge on any atom is 0.258 e. The Morgan fingerprint density at radius 3 is 2.50 bits per heavy atom. The molecule has 1 heterocycles. The van der Waals surface area contributed by atoms with E-state index in [1.54, 1.807) is 0 Å². The zero-order valence-electron chi connectivity index (χ0n) is 15.1. The summed E-state index contributed by atoms with van der Waals surface area (Å²) in [4.78, 5) is 12.2. The number of rotatable bonds is 7. The highest BCUT2D eigenvalue weighted by atomic mass is 16.5. The number of ether oxygens (including phenoxy) is 2. The maximum atomic E-state index is 12.2. The van der Waals surface area contributed by atoms with Gasteiger partial charge in [-0.25, -0.2) is 0 Å². The molecule has 26 heavy (non-hydrogen) atoms. The molecule has 1 fully saturated rings. The number of carbonyl (C=O) groups excluding carboxylic acids is 1. The Hall–Kier alpha value is -2.53. The van der Waals surface area contributed by atoms with Gasteiger partial charge in [-0.05, 0) is 36.6 Å². The quantitative estimate of drug-likeness (QED) is 0.803. The Bertz CT molecular complexity index is 705. The summed E-state index contributed by atoms with van der Waals surface area (Å²) in [5.41, 5.74) is 1.08. The maximum absolute atomic E-state index is 12.2. The molecule has 1 aliphatic rings. The van der Waals surface area contributed by atoms with Crippen molar-refractivity contribution >= 4 is 5.91 Å². The van der Waals surface area contributed by atoms with Crippen molar-refractivity contribution in [3.63, 3.8) is 0 Å². The molecule has 2 unspecified atom stereocenters. The van der Waals surface area contributed by atoms with Crippen LogP contribution in [0.15, 0.2) is 54.6 Å². The summed E-state index contributed by atoms with van der Waals surface area (Å²) in [7, 11) is 0. The van der Waals surface area contributed by atoms with Gasteiger partial charge in [0, 0.05) is 12.6 Å². The van der Waals surface area contributed by atoms with Gasteiger partial charge in [-0.15, -0.1) is 0 Å². The van der Waals surface area contributed by atoms with Crippen molar-refractivity contribution in [3.8, 4) is 11.5 Å². The number of amides is 1. The highest BCUT2D eigenvalue weighted by Gasteiger charge is 2.22. The first-order chi connectivity index (χ1) is 12.7. The highest BCUT2D eigenvalue weighted by Crippen LogP contribution is 2.27. The molecule has 1 amide bonds. The number of hydrogen-bond acceptors (Lipinski definition) is 4. The van der Waals surface area contributed by atoms with E-state index in [1.807, 2.05) is 54.6 Å². The largest absolute Gasteiger partial charge is 0.485 e. The molecule has 2 aromatic carbocycles. The molecule has 0 radical (unpaired) electrons. The van der Waals surface area contributed by atoms with Crippen LogP contribution >= 0.6 is 0 Å². The molecular weight excluding hydrogens is 328 g/mol. The lowest BCUT2D eigenvalue weighted by atomic mass is 9.95. The van der Waals surface area contributed by atoms with Crippen LogP contribution < -0.4 is 20.1 Å². The van der Waals surface area contributed by atoms with Crippen LogP contribution in [0, 0.1) is 5.92 Å². The van der Waals surface area contributed by atoms with Crippen LogP contribution in [-0.4, -0.2) is 31.6 Å². The van der Waals surface area contributed by atoms with Gasteiger partial charge in [-0.3, -0.25) is 4.79 Å². The van der Waals surface area contributed by atoms with Gasteiger partial charge < -0.3 is 20.1 Å². The average Bonchev–Trinajstić information content (AvgIpc) is 2.68. The topological polar surface area (TPSA) is 59.6 Å². The van der Waals surface area contributed by atoms with Gasteiger partial charge in [0.15, 0.2) is 18.1 Å². The molecule has 0 spiro atoms. The molecule has 2 aromatic rings. The fraction of sp³-hybridized carbons (Fsp3) is 0.381. The van der Waals surface area contributed by atoms with Crippen LogP contribution in [-0.2, 0) is 11.4 Å². The van der Waals surface area contributed by atoms with Crippen molar-refractivity contribution in [2.24, 2.45) is 5.92 Å². The van der Waals surface area contributed by atoms with Crippen molar-refractivity contribution in [2.45, 2.75) is 26.0 Å².